The minimum Gasteiger partial charge on any atom is -0.459 e. The summed E-state index contributed by atoms with van der Waals surface area (Å²) in [5, 5.41) is 1.15. The lowest BCUT2D eigenvalue weighted by Gasteiger charge is -2.31. The molecule has 2 nitrogen and oxygen atoms in total. The fourth-order valence-corrected chi connectivity index (χ4v) is 3.36. The van der Waals surface area contributed by atoms with Gasteiger partial charge in [-0.05, 0) is 55.0 Å². The van der Waals surface area contributed by atoms with Crippen molar-refractivity contribution in [1.82, 2.24) is 0 Å². The van der Waals surface area contributed by atoms with Gasteiger partial charge in [-0.2, -0.15) is 0 Å². The molecule has 21 heavy (non-hydrogen) atoms. The molecular formula is C19H19NO. The Morgan fingerprint density at radius 2 is 2.05 bits per heavy atom. The van der Waals surface area contributed by atoms with Crippen molar-refractivity contribution < 1.29 is 4.42 Å². The Bertz CT molecular complexity index is 802. The molecule has 2 atom stereocenters. The van der Waals surface area contributed by atoms with Crippen molar-refractivity contribution in [3.63, 3.8) is 0 Å². The second-order valence-electron chi connectivity index (χ2n) is 6.13. The lowest BCUT2D eigenvalue weighted by atomic mass is 9.74. The largest absolute Gasteiger partial charge is 0.459 e. The Morgan fingerprint density at radius 1 is 1.19 bits per heavy atom. The lowest BCUT2D eigenvalue weighted by molar-refractivity contribution is 0.430. The molecule has 0 amide bonds. The van der Waals surface area contributed by atoms with Crippen LogP contribution < -0.4 is 5.73 Å². The number of furan rings is 1. The number of fused-ring (bicyclic) bond motifs is 2. The summed E-state index contributed by atoms with van der Waals surface area (Å²) in [4.78, 5) is 0. The summed E-state index contributed by atoms with van der Waals surface area (Å²) < 4.78 is 5.92. The molecule has 4 rings (SSSR count). The summed E-state index contributed by atoms with van der Waals surface area (Å²) in [5.41, 5.74) is 11.5. The van der Waals surface area contributed by atoms with Crippen LogP contribution in [0, 0.1) is 6.92 Å². The van der Waals surface area contributed by atoms with Gasteiger partial charge in [0.25, 0.3) is 0 Å². The summed E-state index contributed by atoms with van der Waals surface area (Å²) in [6.45, 7) is 2.09. The highest BCUT2D eigenvalue weighted by atomic mass is 16.3. The quantitative estimate of drug-likeness (QED) is 0.767. The first-order valence-corrected chi connectivity index (χ1v) is 7.54. The van der Waals surface area contributed by atoms with E-state index in [1.807, 2.05) is 6.07 Å². The second-order valence-corrected chi connectivity index (χ2v) is 6.13. The highest BCUT2D eigenvalue weighted by Crippen LogP contribution is 2.40. The molecule has 1 heterocycles. The Labute approximate surface area is 124 Å². The molecule has 1 aliphatic rings. The molecule has 1 aliphatic carbocycles. The van der Waals surface area contributed by atoms with Gasteiger partial charge in [-0.15, -0.1) is 0 Å². The predicted molar refractivity (Wildman–Crippen MR) is 85.4 cm³/mol. The summed E-state index contributed by atoms with van der Waals surface area (Å²) in [7, 11) is 0. The molecule has 0 saturated heterocycles. The first kappa shape index (κ1) is 12.7. The molecule has 0 bridgehead atoms. The molecule has 2 N–H and O–H groups in total. The highest BCUT2D eigenvalue weighted by Gasteiger charge is 2.28. The number of hydrogen-bond donors (Lipinski definition) is 1. The normalized spacial score (nSPS) is 18.3. The van der Waals surface area contributed by atoms with Gasteiger partial charge >= 0.3 is 0 Å². The van der Waals surface area contributed by atoms with Gasteiger partial charge in [0.2, 0.25) is 0 Å². The number of nitrogens with two attached hydrogens (primary N) is 1. The van der Waals surface area contributed by atoms with E-state index in [0.29, 0.717) is 5.92 Å². The Kier molecular flexibility index (Phi) is 2.86. The van der Waals surface area contributed by atoms with Crippen molar-refractivity contribution in [3.8, 4) is 0 Å². The van der Waals surface area contributed by atoms with Crippen LogP contribution in [-0.4, -0.2) is 0 Å². The van der Waals surface area contributed by atoms with E-state index in [1.165, 1.54) is 16.7 Å². The number of aryl methyl sites for hydroxylation is 1. The lowest BCUT2D eigenvalue weighted by Crippen LogP contribution is -2.22. The van der Waals surface area contributed by atoms with Crippen LogP contribution in [0.15, 0.2) is 52.9 Å². The third kappa shape index (κ3) is 2.16. The van der Waals surface area contributed by atoms with Gasteiger partial charge < -0.3 is 10.2 Å². The van der Waals surface area contributed by atoms with Crippen molar-refractivity contribution in [1.29, 1.82) is 0 Å². The smallest absolute Gasteiger partial charge is 0.134 e. The van der Waals surface area contributed by atoms with E-state index in [2.05, 4.69) is 49.4 Å². The summed E-state index contributed by atoms with van der Waals surface area (Å²) in [6, 6.07) is 17.0. The molecule has 0 saturated carbocycles. The van der Waals surface area contributed by atoms with Gasteiger partial charge in [-0.3, -0.25) is 0 Å². The number of rotatable bonds is 3. The van der Waals surface area contributed by atoms with E-state index in [0.717, 1.165) is 29.6 Å². The van der Waals surface area contributed by atoms with E-state index in [9.17, 15) is 0 Å². The van der Waals surface area contributed by atoms with Crippen molar-refractivity contribution in [2.45, 2.75) is 31.7 Å². The monoisotopic (exact) mass is 277 g/mol. The predicted octanol–water partition coefficient (Wildman–Crippen LogP) is 4.47. The maximum absolute atomic E-state index is 6.37. The van der Waals surface area contributed by atoms with E-state index in [-0.39, 0.29) is 6.04 Å². The molecule has 106 valence electrons. The topological polar surface area (TPSA) is 39.2 Å². The van der Waals surface area contributed by atoms with Gasteiger partial charge in [0.15, 0.2) is 0 Å². The van der Waals surface area contributed by atoms with Gasteiger partial charge in [-0.1, -0.05) is 35.9 Å². The van der Waals surface area contributed by atoms with Crippen LogP contribution >= 0.6 is 0 Å². The maximum atomic E-state index is 6.37. The van der Waals surface area contributed by atoms with E-state index in [1.54, 1.807) is 0 Å². The van der Waals surface area contributed by atoms with Crippen molar-refractivity contribution in [2.75, 3.05) is 0 Å². The zero-order chi connectivity index (χ0) is 14.4. The van der Waals surface area contributed by atoms with E-state index in [4.69, 9.17) is 10.2 Å². The zero-order valence-electron chi connectivity index (χ0n) is 12.2. The van der Waals surface area contributed by atoms with Crippen LogP contribution in [0.3, 0.4) is 0 Å². The second kappa shape index (κ2) is 4.74. The number of hydrogen-bond acceptors (Lipinski definition) is 2. The van der Waals surface area contributed by atoms with Crippen LogP contribution in [0.1, 0.15) is 40.8 Å². The Hall–Kier alpha value is -2.06. The minimum atomic E-state index is -0.0314. The van der Waals surface area contributed by atoms with Crippen molar-refractivity contribution in [2.24, 2.45) is 5.73 Å². The fourth-order valence-electron chi connectivity index (χ4n) is 3.36. The fraction of sp³-hybridized carbons (Fsp3) is 0.263. The SMILES string of the molecule is Cc1ccc2oc(C(N)CC3Cc4ccccc43)cc2c1. The third-order valence-corrected chi connectivity index (χ3v) is 4.56. The van der Waals surface area contributed by atoms with Crippen LogP contribution in [0.25, 0.3) is 11.0 Å². The standard InChI is InChI=1S/C19H19NO/c1-12-6-7-18-15(8-12)11-19(21-18)17(20)10-14-9-13-4-2-3-5-16(13)14/h2-8,11,14,17H,9-10,20H2,1H3. The molecule has 3 aromatic rings. The van der Waals surface area contributed by atoms with Gasteiger partial charge in [0, 0.05) is 5.39 Å². The molecule has 0 spiro atoms. The molecule has 2 heteroatoms. The van der Waals surface area contributed by atoms with Crippen LogP contribution in [-0.2, 0) is 6.42 Å². The average Bonchev–Trinajstić information content (AvgIpc) is 2.87. The average molecular weight is 277 g/mol. The van der Waals surface area contributed by atoms with Crippen LogP contribution in [0.5, 0.6) is 0 Å². The van der Waals surface area contributed by atoms with Crippen LogP contribution in [0.2, 0.25) is 0 Å². The van der Waals surface area contributed by atoms with Gasteiger partial charge in [0.05, 0.1) is 6.04 Å². The molecule has 0 aliphatic heterocycles. The number of benzene rings is 2. The van der Waals surface area contributed by atoms with Gasteiger partial charge in [0.1, 0.15) is 11.3 Å². The minimum absolute atomic E-state index is 0.0314. The first-order valence-electron chi connectivity index (χ1n) is 7.54. The molecule has 0 radical (unpaired) electrons. The highest BCUT2D eigenvalue weighted by molar-refractivity contribution is 5.78. The molecular weight excluding hydrogens is 258 g/mol. The zero-order valence-corrected chi connectivity index (χ0v) is 12.2. The molecule has 1 aromatic heterocycles. The van der Waals surface area contributed by atoms with E-state index >= 15 is 0 Å². The van der Waals surface area contributed by atoms with Gasteiger partial charge in [-0.25, -0.2) is 0 Å². The Balaban J connectivity index is 1.56. The van der Waals surface area contributed by atoms with E-state index < -0.39 is 0 Å². The molecule has 2 aromatic carbocycles. The van der Waals surface area contributed by atoms with Crippen molar-refractivity contribution >= 4 is 11.0 Å². The first-order chi connectivity index (χ1) is 10.2. The molecule has 2 unspecified atom stereocenters. The third-order valence-electron chi connectivity index (χ3n) is 4.56. The summed E-state index contributed by atoms with van der Waals surface area (Å²) in [5.74, 6) is 1.48. The van der Waals surface area contributed by atoms with Crippen LogP contribution in [0.4, 0.5) is 0 Å². The molecule has 0 fully saturated rings. The maximum Gasteiger partial charge on any atom is 0.134 e. The Morgan fingerprint density at radius 3 is 2.90 bits per heavy atom. The summed E-state index contributed by atoms with van der Waals surface area (Å²) in [6.07, 6.45) is 2.10. The summed E-state index contributed by atoms with van der Waals surface area (Å²) >= 11 is 0. The van der Waals surface area contributed by atoms with Crippen molar-refractivity contribution in [3.05, 3.63) is 71.0 Å².